The number of nitrogens with one attached hydrogen (secondary N) is 1. The first-order valence-electron chi connectivity index (χ1n) is 6.37. The minimum absolute atomic E-state index is 0.0402. The fraction of sp³-hybridized carbons (Fsp3) is 0.231. The highest BCUT2D eigenvalue weighted by Gasteiger charge is 2.38. The number of carbonyl (C=O) groups excluding carboxylic acids is 1. The minimum Gasteiger partial charge on any atom is -0.399 e. The van der Waals surface area contributed by atoms with E-state index >= 15 is 0 Å². The number of carbonyl (C=O) groups is 1. The average Bonchev–Trinajstić information content (AvgIpc) is 3.01. The number of alkyl halides is 3. The van der Waals surface area contributed by atoms with Crippen molar-refractivity contribution in [3.63, 3.8) is 0 Å². The van der Waals surface area contributed by atoms with E-state index in [-0.39, 0.29) is 17.7 Å². The zero-order chi connectivity index (χ0) is 17.7. The third-order valence-electron chi connectivity index (χ3n) is 2.67. The summed E-state index contributed by atoms with van der Waals surface area (Å²) in [5, 5.41) is 8.89. The monoisotopic (exact) mass is 346 g/mol. The molecule has 0 aliphatic rings. The highest BCUT2D eigenvalue weighted by molar-refractivity contribution is 5.95. The van der Waals surface area contributed by atoms with Gasteiger partial charge in [0.2, 0.25) is 5.82 Å². The summed E-state index contributed by atoms with van der Waals surface area (Å²) < 4.78 is 55.2. The van der Waals surface area contributed by atoms with E-state index in [0.717, 1.165) is 12.1 Å². The van der Waals surface area contributed by atoms with Crippen LogP contribution in [0.2, 0.25) is 0 Å². The third kappa shape index (κ3) is 4.06. The molecule has 1 N–H and O–H groups in total. The van der Waals surface area contributed by atoms with Gasteiger partial charge in [0, 0.05) is 5.56 Å². The van der Waals surface area contributed by atoms with Gasteiger partial charge in [-0.2, -0.15) is 18.2 Å². The predicted octanol–water partition coefficient (Wildman–Crippen LogP) is 2.26. The predicted molar refractivity (Wildman–Crippen MR) is 72.5 cm³/mol. The first kappa shape index (κ1) is 17.4. The fourth-order valence-electron chi connectivity index (χ4n) is 1.64. The zero-order valence-corrected chi connectivity index (χ0v) is 12.1. The molecule has 1 aromatic heterocycles. The highest BCUT2D eigenvalue weighted by atomic mass is 19.4. The Morgan fingerprint density at radius 3 is 2.79 bits per heavy atom. The van der Waals surface area contributed by atoms with Crippen molar-refractivity contribution in [1.29, 1.82) is 0 Å². The topological polar surface area (TPSA) is 89.6 Å². The van der Waals surface area contributed by atoms with Crippen molar-refractivity contribution in [2.75, 3.05) is 13.7 Å². The maximum absolute atomic E-state index is 14.0. The Morgan fingerprint density at radius 2 is 2.21 bits per heavy atom. The second-order valence-corrected chi connectivity index (χ2v) is 4.30. The van der Waals surface area contributed by atoms with Crippen molar-refractivity contribution in [3.8, 4) is 11.4 Å². The van der Waals surface area contributed by atoms with E-state index in [1.807, 2.05) is 0 Å². The minimum atomic E-state index is -4.83. The Balaban J connectivity index is 2.16. The molecule has 0 aliphatic carbocycles. The van der Waals surface area contributed by atoms with Crippen molar-refractivity contribution >= 4 is 12.1 Å². The molecule has 0 fully saturated rings. The summed E-state index contributed by atoms with van der Waals surface area (Å²) in [6, 6.07) is 3.14. The number of hydrogen-bond acceptors (Lipinski definition) is 6. The Labute approximate surface area is 132 Å². The molecule has 0 spiro atoms. The number of amides is 1. The normalized spacial score (nSPS) is 11.7. The molecule has 0 unspecified atom stereocenters. The van der Waals surface area contributed by atoms with E-state index < -0.39 is 29.6 Å². The molecule has 0 saturated carbocycles. The summed E-state index contributed by atoms with van der Waals surface area (Å²) in [7, 11) is 1.33. The standard InChI is InChI=1S/C13H10F4N4O3/c1-23-19-5-4-18-11(22)7-2-3-8(9(14)6-7)10-20-12(24-21-10)13(15,16)17/h2-3,5-6H,4H2,1H3,(H,18,22). The van der Waals surface area contributed by atoms with Crippen molar-refractivity contribution in [2.45, 2.75) is 6.18 Å². The number of rotatable bonds is 5. The van der Waals surface area contributed by atoms with Gasteiger partial charge < -0.3 is 14.7 Å². The van der Waals surface area contributed by atoms with Crippen LogP contribution in [0.15, 0.2) is 27.9 Å². The number of benzene rings is 1. The molecule has 1 heterocycles. The van der Waals surface area contributed by atoms with Gasteiger partial charge in [-0.3, -0.25) is 4.79 Å². The van der Waals surface area contributed by atoms with Gasteiger partial charge in [0.25, 0.3) is 5.91 Å². The summed E-state index contributed by atoms with van der Waals surface area (Å²) in [6.45, 7) is 0.0514. The van der Waals surface area contributed by atoms with E-state index in [1.165, 1.54) is 19.4 Å². The number of aromatic nitrogens is 2. The van der Waals surface area contributed by atoms with Crippen LogP contribution < -0.4 is 5.32 Å². The van der Waals surface area contributed by atoms with E-state index in [0.29, 0.717) is 0 Å². The number of nitrogens with zero attached hydrogens (tertiary/aromatic N) is 3. The smallest absolute Gasteiger partial charge is 0.399 e. The third-order valence-corrected chi connectivity index (χ3v) is 2.67. The van der Waals surface area contributed by atoms with Crippen LogP contribution in [0, 0.1) is 5.82 Å². The van der Waals surface area contributed by atoms with Crippen LogP contribution in [-0.2, 0) is 11.0 Å². The highest BCUT2D eigenvalue weighted by Crippen LogP contribution is 2.30. The molecule has 0 aliphatic heterocycles. The summed E-state index contributed by atoms with van der Waals surface area (Å²) >= 11 is 0. The van der Waals surface area contributed by atoms with Gasteiger partial charge in [0.1, 0.15) is 12.9 Å². The van der Waals surface area contributed by atoms with E-state index in [9.17, 15) is 22.4 Å². The van der Waals surface area contributed by atoms with Crippen LogP contribution in [0.25, 0.3) is 11.4 Å². The Morgan fingerprint density at radius 1 is 1.46 bits per heavy atom. The van der Waals surface area contributed by atoms with Gasteiger partial charge in [0.05, 0.1) is 18.3 Å². The quantitative estimate of drug-likeness (QED) is 0.510. The lowest BCUT2D eigenvalue weighted by atomic mass is 10.1. The van der Waals surface area contributed by atoms with Gasteiger partial charge in [-0.05, 0) is 18.2 Å². The largest absolute Gasteiger partial charge is 0.471 e. The number of halogens is 4. The molecule has 24 heavy (non-hydrogen) atoms. The lowest BCUT2D eigenvalue weighted by molar-refractivity contribution is -0.159. The van der Waals surface area contributed by atoms with Gasteiger partial charge >= 0.3 is 12.1 Å². The molecule has 11 heteroatoms. The van der Waals surface area contributed by atoms with Crippen molar-refractivity contribution in [3.05, 3.63) is 35.5 Å². The maximum Gasteiger partial charge on any atom is 0.471 e. The molecular weight excluding hydrogens is 336 g/mol. The molecule has 0 saturated heterocycles. The molecule has 0 atom stereocenters. The number of oxime groups is 1. The van der Waals surface area contributed by atoms with Crippen LogP contribution >= 0.6 is 0 Å². The van der Waals surface area contributed by atoms with Crippen LogP contribution in [0.4, 0.5) is 17.6 Å². The van der Waals surface area contributed by atoms with Gasteiger partial charge in [0.15, 0.2) is 0 Å². The summed E-state index contributed by atoms with van der Waals surface area (Å²) in [5.74, 6) is -3.73. The lowest BCUT2D eigenvalue weighted by Crippen LogP contribution is -2.25. The lowest BCUT2D eigenvalue weighted by Gasteiger charge is -2.04. The van der Waals surface area contributed by atoms with E-state index in [2.05, 4.69) is 30.0 Å². The molecule has 128 valence electrons. The zero-order valence-electron chi connectivity index (χ0n) is 12.1. The van der Waals surface area contributed by atoms with Crippen LogP contribution in [0.3, 0.4) is 0 Å². The second kappa shape index (κ2) is 7.06. The SMILES string of the molecule is CON=CCNC(=O)c1ccc(-c2noc(C(F)(F)F)n2)c(F)c1. The van der Waals surface area contributed by atoms with Crippen molar-refractivity contribution in [2.24, 2.45) is 5.16 Å². The molecule has 0 radical (unpaired) electrons. The van der Waals surface area contributed by atoms with Crippen molar-refractivity contribution < 1.29 is 31.7 Å². The summed E-state index contributed by atoms with van der Waals surface area (Å²) in [5.41, 5.74) is -0.367. The number of hydrogen-bond donors (Lipinski definition) is 1. The van der Waals surface area contributed by atoms with Gasteiger partial charge in [-0.25, -0.2) is 4.39 Å². The fourth-order valence-corrected chi connectivity index (χ4v) is 1.64. The summed E-state index contributed by atoms with van der Waals surface area (Å²) in [4.78, 5) is 19.2. The van der Waals surface area contributed by atoms with E-state index in [4.69, 9.17) is 0 Å². The maximum atomic E-state index is 14.0. The Kier molecular flexibility index (Phi) is 5.11. The van der Waals surface area contributed by atoms with Crippen LogP contribution in [-0.4, -0.2) is 35.9 Å². The molecule has 1 amide bonds. The molecule has 2 rings (SSSR count). The van der Waals surface area contributed by atoms with Crippen molar-refractivity contribution in [1.82, 2.24) is 15.5 Å². The van der Waals surface area contributed by atoms with Crippen LogP contribution in [0.5, 0.6) is 0 Å². The molecule has 2 aromatic rings. The van der Waals surface area contributed by atoms with Gasteiger partial charge in [-0.1, -0.05) is 10.3 Å². The second-order valence-electron chi connectivity index (χ2n) is 4.30. The molecule has 7 nitrogen and oxygen atoms in total. The Bertz CT molecular complexity index is 758. The first-order valence-corrected chi connectivity index (χ1v) is 6.37. The molecule has 1 aromatic carbocycles. The molecular formula is C13H10F4N4O3. The average molecular weight is 346 g/mol. The molecule has 0 bridgehead atoms. The summed E-state index contributed by atoms with van der Waals surface area (Å²) in [6.07, 6.45) is -3.55. The van der Waals surface area contributed by atoms with Gasteiger partial charge in [-0.15, -0.1) is 0 Å². The first-order chi connectivity index (χ1) is 11.3. The Hall–Kier alpha value is -2.98. The van der Waals surface area contributed by atoms with Crippen LogP contribution in [0.1, 0.15) is 16.2 Å². The van der Waals surface area contributed by atoms with E-state index in [1.54, 1.807) is 0 Å².